The molecule has 2 aliphatic rings. The van der Waals surface area contributed by atoms with E-state index in [1.807, 2.05) is 25.1 Å². The van der Waals surface area contributed by atoms with E-state index >= 15 is 0 Å². The number of ether oxygens (including phenoxy) is 2. The van der Waals surface area contributed by atoms with Crippen LogP contribution in [0.15, 0.2) is 66.2 Å². The molecule has 8 nitrogen and oxygen atoms in total. The van der Waals surface area contributed by atoms with Crippen molar-refractivity contribution in [1.82, 2.24) is 4.98 Å². The Hall–Kier alpha value is -4.37. The second kappa shape index (κ2) is 8.39. The van der Waals surface area contributed by atoms with Crippen molar-refractivity contribution in [3.63, 3.8) is 0 Å². The first-order valence-electron chi connectivity index (χ1n) is 11.3. The minimum absolute atomic E-state index is 0.0398. The molecule has 0 saturated carbocycles. The maximum Gasteiger partial charge on any atom is 0.301 e. The second-order valence-corrected chi connectivity index (χ2v) is 9.60. The summed E-state index contributed by atoms with van der Waals surface area (Å²) in [6.45, 7) is 2.76. The monoisotopic (exact) mass is 500 g/mol. The van der Waals surface area contributed by atoms with Gasteiger partial charge in [0, 0.05) is 5.56 Å². The van der Waals surface area contributed by atoms with Gasteiger partial charge >= 0.3 is 5.91 Å². The van der Waals surface area contributed by atoms with Gasteiger partial charge in [0.15, 0.2) is 16.6 Å². The molecule has 1 atom stereocenters. The zero-order valence-corrected chi connectivity index (χ0v) is 19.9. The van der Waals surface area contributed by atoms with Gasteiger partial charge in [-0.3, -0.25) is 14.5 Å². The zero-order chi connectivity index (χ0) is 25.0. The highest BCUT2D eigenvalue weighted by Crippen LogP contribution is 2.45. The number of ketones is 1. The Morgan fingerprint density at radius 1 is 1.00 bits per heavy atom. The fourth-order valence-corrected chi connectivity index (χ4v) is 5.56. The van der Waals surface area contributed by atoms with Crippen molar-refractivity contribution < 1.29 is 29.3 Å². The lowest BCUT2D eigenvalue weighted by atomic mass is 9.95. The largest absolute Gasteiger partial charge is 0.508 e. The summed E-state index contributed by atoms with van der Waals surface area (Å²) in [6, 6.07) is 15.9. The zero-order valence-electron chi connectivity index (χ0n) is 19.1. The number of nitrogens with zero attached hydrogens (tertiary/aromatic N) is 2. The maximum absolute atomic E-state index is 13.4. The average molecular weight is 501 g/mol. The third-order valence-electron chi connectivity index (χ3n) is 6.21. The summed E-state index contributed by atoms with van der Waals surface area (Å²) in [6.07, 6.45) is 0. The molecule has 1 fully saturated rings. The fraction of sp³-hybridized carbons (Fsp3) is 0.148. The predicted octanol–water partition coefficient (Wildman–Crippen LogP) is 4.71. The highest BCUT2D eigenvalue weighted by atomic mass is 32.1. The summed E-state index contributed by atoms with van der Waals surface area (Å²) in [5.41, 5.74) is 2.55. The number of aliphatic hydroxyl groups excluding tert-OH is 1. The van der Waals surface area contributed by atoms with Crippen molar-refractivity contribution in [3.8, 4) is 17.2 Å². The van der Waals surface area contributed by atoms with E-state index in [0.717, 1.165) is 10.3 Å². The molecular formula is C27H20N2O6S. The van der Waals surface area contributed by atoms with Crippen molar-refractivity contribution >= 4 is 44.1 Å². The van der Waals surface area contributed by atoms with Gasteiger partial charge in [0.25, 0.3) is 5.78 Å². The van der Waals surface area contributed by atoms with E-state index in [-0.39, 0.29) is 17.1 Å². The lowest BCUT2D eigenvalue weighted by Crippen LogP contribution is -2.29. The third-order valence-corrected chi connectivity index (χ3v) is 7.23. The van der Waals surface area contributed by atoms with Crippen LogP contribution in [0.1, 0.15) is 22.7 Å². The minimum Gasteiger partial charge on any atom is -0.508 e. The number of aromatic hydroxyl groups is 1. The van der Waals surface area contributed by atoms with Crippen LogP contribution < -0.4 is 14.4 Å². The summed E-state index contributed by atoms with van der Waals surface area (Å²) >= 11 is 1.30. The number of Topliss-reactive ketones (excluding diaryl/α,β-unsaturated/α-hetero) is 1. The molecule has 1 aromatic heterocycles. The van der Waals surface area contributed by atoms with Gasteiger partial charge in [0.2, 0.25) is 0 Å². The highest BCUT2D eigenvalue weighted by molar-refractivity contribution is 7.22. The van der Waals surface area contributed by atoms with E-state index in [0.29, 0.717) is 46.5 Å². The Kier molecular flexibility index (Phi) is 5.15. The number of hydrogen-bond donors (Lipinski definition) is 2. The molecule has 0 spiro atoms. The van der Waals surface area contributed by atoms with Crippen molar-refractivity contribution in [2.75, 3.05) is 18.1 Å². The SMILES string of the molecule is Cc1ccc2nc(N3C(=O)C(=O)C(=C(O)c4ccc5c(c4)OCCO5)C3c3ccc(O)cc3)sc2c1. The van der Waals surface area contributed by atoms with E-state index in [4.69, 9.17) is 9.47 Å². The molecule has 3 aromatic carbocycles. The molecule has 0 bridgehead atoms. The molecule has 36 heavy (non-hydrogen) atoms. The normalized spacial score (nSPS) is 18.7. The third kappa shape index (κ3) is 3.56. The lowest BCUT2D eigenvalue weighted by molar-refractivity contribution is -0.132. The number of carbonyl (C=O) groups is 2. The van der Waals surface area contributed by atoms with Crippen LogP contribution in [-0.2, 0) is 9.59 Å². The fourth-order valence-electron chi connectivity index (χ4n) is 4.47. The van der Waals surface area contributed by atoms with Crippen LogP contribution in [0.4, 0.5) is 5.13 Å². The smallest absolute Gasteiger partial charge is 0.301 e. The topological polar surface area (TPSA) is 109 Å². The predicted molar refractivity (Wildman–Crippen MR) is 135 cm³/mol. The van der Waals surface area contributed by atoms with Crippen molar-refractivity contribution in [2.24, 2.45) is 0 Å². The number of amides is 1. The maximum atomic E-state index is 13.4. The number of phenolic OH excluding ortho intramolecular Hbond substituents is 1. The first-order chi connectivity index (χ1) is 17.4. The van der Waals surface area contributed by atoms with Gasteiger partial charge in [-0.2, -0.15) is 0 Å². The Labute approximate surface area is 209 Å². The van der Waals surface area contributed by atoms with Crippen molar-refractivity contribution in [1.29, 1.82) is 0 Å². The standard InChI is InChI=1S/C27H20N2O6S/c1-14-2-8-18-21(12-14)36-27(28-18)29-23(15-3-6-17(30)7-4-15)22(25(32)26(29)33)24(31)16-5-9-19-20(13-16)35-11-10-34-19/h2-9,12-13,23,30-31H,10-11H2,1H3. The van der Waals surface area contributed by atoms with Crippen LogP contribution in [0.2, 0.25) is 0 Å². The number of carbonyl (C=O) groups excluding carboxylic acids is 2. The van der Waals surface area contributed by atoms with Crippen LogP contribution in [-0.4, -0.2) is 40.1 Å². The molecule has 4 aromatic rings. The summed E-state index contributed by atoms with van der Waals surface area (Å²) in [5.74, 6) is -0.917. The van der Waals surface area contributed by atoms with Crippen molar-refractivity contribution in [2.45, 2.75) is 13.0 Å². The lowest BCUT2D eigenvalue weighted by Gasteiger charge is -2.23. The van der Waals surface area contributed by atoms with Gasteiger partial charge in [0.05, 0.1) is 21.8 Å². The molecule has 180 valence electrons. The van der Waals surface area contributed by atoms with Gasteiger partial charge < -0.3 is 19.7 Å². The summed E-state index contributed by atoms with van der Waals surface area (Å²) < 4.78 is 12.1. The number of aromatic nitrogens is 1. The molecule has 2 aliphatic heterocycles. The first-order valence-corrected chi connectivity index (χ1v) is 12.1. The number of anilines is 1. The number of benzene rings is 3. The first kappa shape index (κ1) is 22.1. The number of rotatable bonds is 3. The molecule has 6 rings (SSSR count). The van der Waals surface area contributed by atoms with Crippen LogP contribution in [0, 0.1) is 6.92 Å². The van der Waals surface area contributed by atoms with Crippen LogP contribution >= 0.6 is 11.3 Å². The average Bonchev–Trinajstić information content (AvgIpc) is 3.41. The number of aliphatic hydroxyl groups is 1. The number of aryl methyl sites for hydroxylation is 1. The van der Waals surface area contributed by atoms with Crippen LogP contribution in [0.3, 0.4) is 0 Å². The van der Waals surface area contributed by atoms with Gasteiger partial charge in [-0.1, -0.05) is 29.5 Å². The molecule has 1 saturated heterocycles. The van der Waals surface area contributed by atoms with E-state index in [9.17, 15) is 19.8 Å². The van der Waals surface area contributed by atoms with Gasteiger partial charge in [-0.15, -0.1) is 0 Å². The Balaban J connectivity index is 1.54. The van der Waals surface area contributed by atoms with E-state index in [1.54, 1.807) is 30.3 Å². The number of thiazole rings is 1. The van der Waals surface area contributed by atoms with Gasteiger partial charge in [-0.05, 0) is 60.5 Å². The Morgan fingerprint density at radius 3 is 2.53 bits per heavy atom. The molecule has 9 heteroatoms. The number of hydrogen-bond acceptors (Lipinski definition) is 8. The van der Waals surface area contributed by atoms with E-state index in [1.165, 1.54) is 28.4 Å². The molecule has 2 N–H and O–H groups in total. The highest BCUT2D eigenvalue weighted by Gasteiger charge is 2.48. The Morgan fingerprint density at radius 2 is 1.75 bits per heavy atom. The molecular weight excluding hydrogens is 480 g/mol. The molecule has 1 unspecified atom stereocenters. The van der Waals surface area contributed by atoms with Gasteiger partial charge in [-0.25, -0.2) is 4.98 Å². The van der Waals surface area contributed by atoms with Crippen LogP contribution in [0.25, 0.3) is 16.0 Å². The van der Waals surface area contributed by atoms with E-state index < -0.39 is 17.7 Å². The summed E-state index contributed by atoms with van der Waals surface area (Å²) in [5, 5.41) is 21.5. The van der Waals surface area contributed by atoms with Crippen LogP contribution in [0.5, 0.6) is 17.2 Å². The Bertz CT molecular complexity index is 1570. The second-order valence-electron chi connectivity index (χ2n) is 8.59. The summed E-state index contributed by atoms with van der Waals surface area (Å²) in [4.78, 5) is 32.7. The molecule has 0 radical (unpaired) electrons. The quantitative estimate of drug-likeness (QED) is 0.238. The van der Waals surface area contributed by atoms with E-state index in [2.05, 4.69) is 4.98 Å². The number of phenols is 1. The summed E-state index contributed by atoms with van der Waals surface area (Å²) in [7, 11) is 0. The molecule has 1 amide bonds. The van der Waals surface area contributed by atoms with Gasteiger partial charge in [0.1, 0.15) is 24.7 Å². The molecule has 0 aliphatic carbocycles. The number of fused-ring (bicyclic) bond motifs is 2. The minimum atomic E-state index is -0.944. The molecule has 3 heterocycles. The van der Waals surface area contributed by atoms with Crippen molar-refractivity contribution in [3.05, 3.63) is 82.9 Å².